The number of nitrogens with zero attached hydrogens (tertiary/aromatic N) is 5. The summed E-state index contributed by atoms with van der Waals surface area (Å²) in [7, 11) is -2.99. The molecule has 0 spiro atoms. The van der Waals surface area contributed by atoms with E-state index in [-0.39, 0.29) is 24.6 Å². The Balaban J connectivity index is 1.38. The van der Waals surface area contributed by atoms with Gasteiger partial charge in [-0.3, -0.25) is 0 Å². The summed E-state index contributed by atoms with van der Waals surface area (Å²) in [5.41, 5.74) is 0.582. The average Bonchev–Trinajstić information content (AvgIpc) is 3.24. The Bertz CT molecular complexity index is 1440. The Morgan fingerprint density at radius 2 is 1.89 bits per heavy atom. The zero-order valence-corrected chi connectivity index (χ0v) is 23.0. The first-order valence-electron chi connectivity index (χ1n) is 13.0. The van der Waals surface area contributed by atoms with Crippen LogP contribution >= 0.6 is 0 Å². The zero-order valence-electron chi connectivity index (χ0n) is 22.2. The monoisotopic (exact) mass is 542 g/mol. The highest BCUT2D eigenvalue weighted by Gasteiger charge is 2.43. The van der Waals surface area contributed by atoms with Crippen LogP contribution in [-0.4, -0.2) is 78.4 Å². The molecule has 0 radical (unpaired) electrons. The second kappa shape index (κ2) is 9.92. The number of anilines is 4. The van der Waals surface area contributed by atoms with E-state index in [4.69, 9.17) is 0 Å². The van der Waals surface area contributed by atoms with Crippen molar-refractivity contribution in [1.29, 1.82) is 0 Å². The number of aliphatic hydroxyl groups excluding tert-OH is 1. The fraction of sp³-hybridized carbons (Fsp3) is 0.519. The van der Waals surface area contributed by atoms with E-state index >= 15 is 0 Å². The van der Waals surface area contributed by atoms with Crippen LogP contribution in [0.15, 0.2) is 36.7 Å². The molecule has 5 rings (SSSR count). The third-order valence-electron chi connectivity index (χ3n) is 7.55. The van der Waals surface area contributed by atoms with Gasteiger partial charge in [0.15, 0.2) is 5.67 Å². The van der Waals surface area contributed by atoms with E-state index in [1.165, 1.54) is 18.7 Å². The van der Waals surface area contributed by atoms with Crippen molar-refractivity contribution in [1.82, 2.24) is 15.0 Å². The number of fused-ring (bicyclic) bond motifs is 1. The number of aromatic nitrogens is 3. The molecular weight excluding hydrogens is 507 g/mol. The fourth-order valence-electron chi connectivity index (χ4n) is 5.40. The molecule has 2 atom stereocenters. The van der Waals surface area contributed by atoms with Crippen LogP contribution < -0.4 is 15.1 Å². The highest BCUT2D eigenvalue weighted by Crippen LogP contribution is 2.37. The Morgan fingerprint density at radius 3 is 2.55 bits per heavy atom. The molecule has 4 heterocycles. The van der Waals surface area contributed by atoms with Gasteiger partial charge in [-0.25, -0.2) is 22.8 Å². The van der Waals surface area contributed by atoms with Crippen LogP contribution in [0.25, 0.3) is 10.8 Å². The molecule has 0 amide bonds. The quantitative estimate of drug-likeness (QED) is 0.440. The van der Waals surface area contributed by atoms with Gasteiger partial charge in [-0.05, 0) is 42.0 Å². The molecule has 204 valence electrons. The van der Waals surface area contributed by atoms with E-state index < -0.39 is 21.6 Å². The molecule has 0 unspecified atom stereocenters. The highest BCUT2D eigenvalue weighted by molar-refractivity contribution is 7.90. The first-order chi connectivity index (χ1) is 17.9. The summed E-state index contributed by atoms with van der Waals surface area (Å²) in [4.78, 5) is 17.5. The number of aliphatic hydroxyl groups is 1. The van der Waals surface area contributed by atoms with E-state index in [0.29, 0.717) is 43.1 Å². The van der Waals surface area contributed by atoms with Crippen molar-refractivity contribution in [3.05, 3.63) is 42.2 Å². The summed E-state index contributed by atoms with van der Waals surface area (Å²) < 4.78 is 38.2. The van der Waals surface area contributed by atoms with Gasteiger partial charge in [0, 0.05) is 61.7 Å². The molecule has 2 aromatic heterocycles. The van der Waals surface area contributed by atoms with Gasteiger partial charge >= 0.3 is 0 Å². The smallest absolute Gasteiger partial charge is 0.227 e. The van der Waals surface area contributed by atoms with Crippen LogP contribution in [0.1, 0.15) is 38.7 Å². The minimum Gasteiger partial charge on any atom is -0.390 e. The molecule has 38 heavy (non-hydrogen) atoms. The normalized spacial score (nSPS) is 21.2. The van der Waals surface area contributed by atoms with Gasteiger partial charge in [0.2, 0.25) is 5.95 Å². The molecule has 2 N–H and O–H groups in total. The van der Waals surface area contributed by atoms with Crippen molar-refractivity contribution in [3.63, 3.8) is 0 Å². The van der Waals surface area contributed by atoms with Gasteiger partial charge < -0.3 is 20.2 Å². The molecule has 9 nitrogen and oxygen atoms in total. The van der Waals surface area contributed by atoms with Crippen molar-refractivity contribution < 1.29 is 17.9 Å². The zero-order chi connectivity index (χ0) is 27.2. The largest absolute Gasteiger partial charge is 0.390 e. The van der Waals surface area contributed by atoms with Gasteiger partial charge in [0.25, 0.3) is 0 Å². The van der Waals surface area contributed by atoms with Crippen LogP contribution in [0, 0.1) is 5.92 Å². The molecule has 2 saturated heterocycles. The number of halogens is 1. The third-order valence-corrected chi connectivity index (χ3v) is 8.63. The van der Waals surface area contributed by atoms with E-state index in [0.717, 1.165) is 16.5 Å². The minimum absolute atomic E-state index is 0.0460. The number of hydrogen-bond donors (Lipinski definition) is 2. The Kier molecular flexibility index (Phi) is 6.93. The summed E-state index contributed by atoms with van der Waals surface area (Å²) in [6.45, 7) is 7.67. The minimum atomic E-state index is -2.99. The number of rotatable bonds is 8. The molecule has 2 aliphatic rings. The predicted octanol–water partition coefficient (Wildman–Crippen LogP) is 3.67. The van der Waals surface area contributed by atoms with E-state index in [2.05, 4.69) is 51.1 Å². The SMILES string of the molecule is CC(C)c1ccc(N2CC(CS(C)(=O)=O)C2)c2cnc(Nc3ccnc(N4CC[C@](F)([C@@H](C)O)C4)n3)cc12. The van der Waals surface area contributed by atoms with Gasteiger partial charge in [-0.2, -0.15) is 4.98 Å². The summed E-state index contributed by atoms with van der Waals surface area (Å²) in [6.07, 6.45) is 3.94. The molecule has 0 bridgehead atoms. The lowest BCUT2D eigenvalue weighted by atomic mass is 9.93. The third kappa shape index (κ3) is 5.40. The average molecular weight is 543 g/mol. The summed E-state index contributed by atoms with van der Waals surface area (Å²) >= 11 is 0. The maximum absolute atomic E-state index is 14.9. The van der Waals surface area contributed by atoms with Crippen LogP contribution in [0.2, 0.25) is 0 Å². The van der Waals surface area contributed by atoms with E-state index in [9.17, 15) is 17.9 Å². The van der Waals surface area contributed by atoms with Crippen LogP contribution in [-0.2, 0) is 9.84 Å². The topological polar surface area (TPSA) is 112 Å². The predicted molar refractivity (Wildman–Crippen MR) is 149 cm³/mol. The van der Waals surface area contributed by atoms with Crippen molar-refractivity contribution in [2.24, 2.45) is 5.92 Å². The van der Waals surface area contributed by atoms with Crippen LogP contribution in [0.3, 0.4) is 0 Å². The second-order valence-electron chi connectivity index (χ2n) is 11.1. The number of pyridine rings is 1. The fourth-order valence-corrected chi connectivity index (χ4v) is 6.47. The lowest BCUT2D eigenvalue weighted by Crippen LogP contribution is -2.49. The Labute approximate surface area is 223 Å². The van der Waals surface area contributed by atoms with Gasteiger partial charge in [-0.15, -0.1) is 0 Å². The Morgan fingerprint density at radius 1 is 1.13 bits per heavy atom. The van der Waals surface area contributed by atoms with Crippen molar-refractivity contribution in [2.45, 2.75) is 44.9 Å². The molecule has 0 aliphatic carbocycles. The van der Waals surface area contributed by atoms with Crippen molar-refractivity contribution in [3.8, 4) is 0 Å². The maximum Gasteiger partial charge on any atom is 0.227 e. The molecule has 1 aromatic carbocycles. The Hall–Kier alpha value is -3.05. The van der Waals surface area contributed by atoms with E-state index in [1.807, 2.05) is 12.3 Å². The summed E-state index contributed by atoms with van der Waals surface area (Å²) in [5.74, 6) is 2.23. The standard InChI is InChI=1S/C27H35FN6O3S/c1-17(2)20-5-6-23(34-13-19(14-34)15-38(4,36)37)22-12-30-25(11-21(20)22)31-24-7-9-29-26(32-24)33-10-8-27(28,16-33)18(3)35/h5-7,9,11-12,17-19,35H,8,10,13-16H2,1-4H3,(H,29,30,31,32)/t18-,27-/m1/s1. The lowest BCUT2D eigenvalue weighted by Gasteiger charge is -2.41. The maximum atomic E-state index is 14.9. The number of alkyl halides is 1. The number of sulfone groups is 1. The van der Waals surface area contributed by atoms with E-state index in [1.54, 1.807) is 17.2 Å². The van der Waals surface area contributed by atoms with Crippen LogP contribution in [0.5, 0.6) is 0 Å². The van der Waals surface area contributed by atoms with Crippen molar-refractivity contribution in [2.75, 3.05) is 53.3 Å². The lowest BCUT2D eigenvalue weighted by molar-refractivity contribution is 0.0191. The highest BCUT2D eigenvalue weighted by atomic mass is 32.2. The molecule has 3 aromatic rings. The van der Waals surface area contributed by atoms with Gasteiger partial charge in [-0.1, -0.05) is 19.9 Å². The van der Waals surface area contributed by atoms with Crippen molar-refractivity contribution >= 4 is 43.9 Å². The summed E-state index contributed by atoms with van der Waals surface area (Å²) in [6, 6.07) is 8.00. The number of hydrogen-bond acceptors (Lipinski definition) is 9. The first-order valence-corrected chi connectivity index (χ1v) is 15.1. The first kappa shape index (κ1) is 26.6. The number of nitrogens with one attached hydrogen (secondary N) is 1. The molecule has 0 saturated carbocycles. The van der Waals surface area contributed by atoms with Gasteiger partial charge in [0.05, 0.1) is 18.4 Å². The number of benzene rings is 1. The van der Waals surface area contributed by atoms with Crippen LogP contribution in [0.4, 0.5) is 27.7 Å². The van der Waals surface area contributed by atoms with Gasteiger partial charge in [0.1, 0.15) is 21.5 Å². The molecule has 11 heteroatoms. The second-order valence-corrected chi connectivity index (χ2v) is 13.2. The molecular formula is C27H35FN6O3S. The summed E-state index contributed by atoms with van der Waals surface area (Å²) in [5, 5.41) is 15.2. The molecule has 2 fully saturated rings. The molecule has 2 aliphatic heterocycles.